The van der Waals surface area contributed by atoms with E-state index in [9.17, 15) is 8.42 Å². The highest BCUT2D eigenvalue weighted by Gasteiger charge is 2.16. The highest BCUT2D eigenvalue weighted by atomic mass is 32.2. The number of sulfonamides is 1. The Balaban J connectivity index is 2.07. The average molecular weight is 286 g/mol. The van der Waals surface area contributed by atoms with Gasteiger partial charge in [-0.2, -0.15) is 0 Å². The Labute approximate surface area is 117 Å². The maximum absolute atomic E-state index is 12.3. The standard InChI is InChI=1S/C15H14N2O2S/c18-20(19,13-7-2-1-3-8-13)17-15-11-16-10-12-6-4-5-9-14(12)15/h1-10,16-17H,11H2. The van der Waals surface area contributed by atoms with Gasteiger partial charge in [-0.05, 0) is 17.4 Å². The summed E-state index contributed by atoms with van der Waals surface area (Å²) in [4.78, 5) is 0.263. The quantitative estimate of drug-likeness (QED) is 0.842. The predicted octanol–water partition coefficient (Wildman–Crippen LogP) is 0.114. The van der Waals surface area contributed by atoms with Crippen molar-refractivity contribution < 1.29 is 8.42 Å². The Hall–Kier alpha value is -2.27. The molecule has 0 saturated carbocycles. The van der Waals surface area contributed by atoms with Crippen LogP contribution in [0.2, 0.25) is 0 Å². The normalized spacial score (nSPS) is 13.9. The minimum atomic E-state index is -3.54. The first kappa shape index (κ1) is 12.7. The molecule has 1 aliphatic heterocycles. The zero-order chi connectivity index (χ0) is 14.0. The first-order valence-corrected chi connectivity index (χ1v) is 7.75. The van der Waals surface area contributed by atoms with E-state index in [4.69, 9.17) is 0 Å². The van der Waals surface area contributed by atoms with Crippen molar-refractivity contribution in [1.82, 2.24) is 10.0 Å². The molecule has 0 bridgehead atoms. The van der Waals surface area contributed by atoms with Crippen LogP contribution in [0.15, 0.2) is 59.5 Å². The fourth-order valence-corrected chi connectivity index (χ4v) is 3.31. The van der Waals surface area contributed by atoms with E-state index >= 15 is 0 Å². The topological polar surface area (TPSA) is 58.2 Å². The molecule has 0 aliphatic carbocycles. The van der Waals surface area contributed by atoms with Crippen molar-refractivity contribution in [3.63, 3.8) is 0 Å². The molecular weight excluding hydrogens is 272 g/mol. The van der Waals surface area contributed by atoms with E-state index in [2.05, 4.69) is 10.0 Å². The molecule has 0 radical (unpaired) electrons. The van der Waals surface area contributed by atoms with Crippen molar-refractivity contribution >= 4 is 21.9 Å². The molecule has 0 saturated heterocycles. The maximum atomic E-state index is 12.3. The summed E-state index contributed by atoms with van der Waals surface area (Å²) in [5, 5.41) is 4.96. The molecule has 0 fully saturated rings. The van der Waals surface area contributed by atoms with E-state index in [-0.39, 0.29) is 4.90 Å². The molecule has 1 aliphatic rings. The Morgan fingerprint density at radius 2 is 1.65 bits per heavy atom. The van der Waals surface area contributed by atoms with Crippen LogP contribution < -0.4 is 20.5 Å². The summed E-state index contributed by atoms with van der Waals surface area (Å²) >= 11 is 0. The largest absolute Gasteiger partial charge is 0.385 e. The summed E-state index contributed by atoms with van der Waals surface area (Å²) in [5.41, 5.74) is 0.659. The highest BCUT2D eigenvalue weighted by Crippen LogP contribution is 2.08. The van der Waals surface area contributed by atoms with Crippen LogP contribution in [0.1, 0.15) is 0 Å². The molecule has 2 aromatic rings. The van der Waals surface area contributed by atoms with Gasteiger partial charge in [-0.15, -0.1) is 0 Å². The lowest BCUT2D eigenvalue weighted by Crippen LogP contribution is -2.42. The van der Waals surface area contributed by atoms with E-state index in [1.807, 2.05) is 30.5 Å². The molecule has 4 nitrogen and oxygen atoms in total. The summed E-state index contributed by atoms with van der Waals surface area (Å²) < 4.78 is 27.4. The highest BCUT2D eigenvalue weighted by molar-refractivity contribution is 7.89. The molecule has 0 aromatic heterocycles. The summed E-state index contributed by atoms with van der Waals surface area (Å²) in [7, 11) is -3.54. The van der Waals surface area contributed by atoms with Gasteiger partial charge in [0.05, 0.1) is 17.1 Å². The van der Waals surface area contributed by atoms with Crippen molar-refractivity contribution in [2.24, 2.45) is 0 Å². The zero-order valence-corrected chi connectivity index (χ0v) is 11.5. The second-order valence-corrected chi connectivity index (χ2v) is 6.19. The molecule has 20 heavy (non-hydrogen) atoms. The van der Waals surface area contributed by atoms with Gasteiger partial charge in [0, 0.05) is 11.4 Å². The monoisotopic (exact) mass is 286 g/mol. The first-order chi connectivity index (χ1) is 9.67. The third-order valence-electron chi connectivity index (χ3n) is 3.13. The SMILES string of the molecule is O=S(=O)(NC1=c2ccccc2=CNC1)c1ccccc1. The van der Waals surface area contributed by atoms with Crippen LogP contribution in [0.4, 0.5) is 0 Å². The molecule has 0 amide bonds. The van der Waals surface area contributed by atoms with E-state index in [1.165, 1.54) is 0 Å². The molecule has 5 heteroatoms. The van der Waals surface area contributed by atoms with Crippen molar-refractivity contribution in [3.05, 3.63) is 65.0 Å². The molecule has 102 valence electrons. The van der Waals surface area contributed by atoms with Crippen molar-refractivity contribution in [3.8, 4) is 0 Å². The van der Waals surface area contributed by atoms with E-state index < -0.39 is 10.0 Å². The van der Waals surface area contributed by atoms with Crippen LogP contribution in [0.25, 0.3) is 11.9 Å². The Morgan fingerprint density at radius 1 is 0.950 bits per heavy atom. The van der Waals surface area contributed by atoms with Gasteiger partial charge in [0.15, 0.2) is 0 Å². The number of rotatable bonds is 3. The molecular formula is C15H14N2O2S. The Kier molecular flexibility index (Phi) is 3.20. The molecule has 3 rings (SSSR count). The minimum Gasteiger partial charge on any atom is -0.385 e. The minimum absolute atomic E-state index is 0.263. The lowest BCUT2D eigenvalue weighted by Gasteiger charge is -2.15. The van der Waals surface area contributed by atoms with Crippen LogP contribution >= 0.6 is 0 Å². The number of benzene rings is 2. The van der Waals surface area contributed by atoms with Gasteiger partial charge in [-0.3, -0.25) is 4.72 Å². The van der Waals surface area contributed by atoms with Crippen LogP contribution in [0, 0.1) is 0 Å². The van der Waals surface area contributed by atoms with Crippen LogP contribution in [-0.4, -0.2) is 15.0 Å². The smallest absolute Gasteiger partial charge is 0.261 e. The van der Waals surface area contributed by atoms with Gasteiger partial charge in [-0.1, -0.05) is 42.5 Å². The summed E-state index contributed by atoms with van der Waals surface area (Å²) in [5.74, 6) is 0. The van der Waals surface area contributed by atoms with Gasteiger partial charge in [0.1, 0.15) is 0 Å². The number of nitrogens with one attached hydrogen (secondary N) is 2. The van der Waals surface area contributed by atoms with Gasteiger partial charge in [-0.25, -0.2) is 8.42 Å². The van der Waals surface area contributed by atoms with Gasteiger partial charge in [0.2, 0.25) is 0 Å². The third-order valence-corrected chi connectivity index (χ3v) is 4.54. The van der Waals surface area contributed by atoms with Crippen LogP contribution in [-0.2, 0) is 10.0 Å². The van der Waals surface area contributed by atoms with E-state index in [0.717, 1.165) is 10.4 Å². The molecule has 2 N–H and O–H groups in total. The molecule has 0 spiro atoms. The Bertz CT molecular complexity index is 843. The molecule has 1 heterocycles. The van der Waals surface area contributed by atoms with Crippen LogP contribution in [0.3, 0.4) is 0 Å². The zero-order valence-electron chi connectivity index (χ0n) is 10.7. The summed E-state index contributed by atoms with van der Waals surface area (Å²) in [6, 6.07) is 16.0. The predicted molar refractivity (Wildman–Crippen MR) is 78.3 cm³/mol. The van der Waals surface area contributed by atoms with E-state index in [0.29, 0.717) is 12.2 Å². The fourth-order valence-electron chi connectivity index (χ4n) is 2.17. The van der Waals surface area contributed by atoms with Gasteiger partial charge < -0.3 is 5.32 Å². The lowest BCUT2D eigenvalue weighted by molar-refractivity contribution is 0.590. The fraction of sp³-hybridized carbons (Fsp3) is 0.0667. The molecule has 2 aromatic carbocycles. The summed E-state index contributed by atoms with van der Waals surface area (Å²) in [6.07, 6.45) is 1.88. The second-order valence-electron chi connectivity index (χ2n) is 4.51. The van der Waals surface area contributed by atoms with Crippen molar-refractivity contribution in [2.75, 3.05) is 6.54 Å². The van der Waals surface area contributed by atoms with Gasteiger partial charge >= 0.3 is 0 Å². The van der Waals surface area contributed by atoms with E-state index in [1.54, 1.807) is 30.3 Å². The number of hydrogen-bond donors (Lipinski definition) is 2. The van der Waals surface area contributed by atoms with Crippen LogP contribution in [0.5, 0.6) is 0 Å². The second kappa shape index (κ2) is 5.02. The molecule has 0 unspecified atom stereocenters. The number of hydrogen-bond acceptors (Lipinski definition) is 3. The van der Waals surface area contributed by atoms with Crippen molar-refractivity contribution in [2.45, 2.75) is 4.90 Å². The summed E-state index contributed by atoms with van der Waals surface area (Å²) in [6.45, 7) is 0.461. The average Bonchev–Trinajstić information content (AvgIpc) is 2.48. The van der Waals surface area contributed by atoms with Crippen molar-refractivity contribution in [1.29, 1.82) is 0 Å². The lowest BCUT2D eigenvalue weighted by atomic mass is 10.2. The molecule has 0 atom stereocenters. The number of fused-ring (bicyclic) bond motifs is 1. The maximum Gasteiger partial charge on any atom is 0.261 e. The third kappa shape index (κ3) is 2.40. The Morgan fingerprint density at radius 3 is 2.45 bits per heavy atom. The first-order valence-electron chi connectivity index (χ1n) is 6.26. The van der Waals surface area contributed by atoms with Gasteiger partial charge in [0.25, 0.3) is 10.0 Å².